The number of hydrogen-bond donors (Lipinski definition) is 0. The van der Waals surface area contributed by atoms with E-state index in [0.29, 0.717) is 18.0 Å². The SMILES string of the molecule is O=C(CCn1cc(Cl)cn1)N1CCN(Cc2ccccc2)CC1. The lowest BCUT2D eigenvalue weighted by Gasteiger charge is -2.34. The van der Waals surface area contributed by atoms with Crippen molar-refractivity contribution in [3.8, 4) is 0 Å². The van der Waals surface area contributed by atoms with E-state index in [2.05, 4.69) is 34.3 Å². The molecule has 0 aliphatic carbocycles. The van der Waals surface area contributed by atoms with Crippen LogP contribution in [0.25, 0.3) is 0 Å². The summed E-state index contributed by atoms with van der Waals surface area (Å²) in [6.07, 6.45) is 3.80. The van der Waals surface area contributed by atoms with Crippen LogP contribution < -0.4 is 0 Å². The zero-order valence-corrected chi connectivity index (χ0v) is 13.8. The van der Waals surface area contributed by atoms with Crippen molar-refractivity contribution in [1.82, 2.24) is 19.6 Å². The topological polar surface area (TPSA) is 41.4 Å². The number of aromatic nitrogens is 2. The van der Waals surface area contributed by atoms with Gasteiger partial charge in [-0.15, -0.1) is 0 Å². The van der Waals surface area contributed by atoms with Crippen molar-refractivity contribution in [3.63, 3.8) is 0 Å². The van der Waals surface area contributed by atoms with Gasteiger partial charge < -0.3 is 4.90 Å². The molecule has 2 heterocycles. The molecule has 0 spiro atoms. The lowest BCUT2D eigenvalue weighted by atomic mass is 10.2. The fraction of sp³-hybridized carbons (Fsp3) is 0.412. The van der Waals surface area contributed by atoms with Gasteiger partial charge in [0.2, 0.25) is 5.91 Å². The number of rotatable bonds is 5. The number of halogens is 1. The second kappa shape index (κ2) is 7.62. The molecule has 0 bridgehead atoms. The fourth-order valence-electron chi connectivity index (χ4n) is 2.83. The number of hydrogen-bond acceptors (Lipinski definition) is 3. The largest absolute Gasteiger partial charge is 0.340 e. The number of benzene rings is 1. The minimum Gasteiger partial charge on any atom is -0.340 e. The predicted octanol–water partition coefficient (Wildman–Crippen LogP) is 2.27. The standard InChI is InChI=1S/C17H21ClN4O/c18-16-12-19-22(14-16)7-6-17(23)21-10-8-20(9-11-21)13-15-4-2-1-3-5-15/h1-5,12,14H,6-11,13H2. The van der Waals surface area contributed by atoms with Gasteiger partial charge in [-0.25, -0.2) is 0 Å². The molecule has 0 unspecified atom stereocenters. The molecule has 1 amide bonds. The van der Waals surface area contributed by atoms with Crippen LogP contribution in [0, 0.1) is 0 Å². The molecule has 122 valence electrons. The molecule has 1 saturated heterocycles. The molecule has 0 radical (unpaired) electrons. The van der Waals surface area contributed by atoms with Crippen LogP contribution in [0.15, 0.2) is 42.7 Å². The van der Waals surface area contributed by atoms with E-state index in [9.17, 15) is 4.79 Å². The van der Waals surface area contributed by atoms with Gasteiger partial charge in [-0.3, -0.25) is 14.4 Å². The third kappa shape index (κ3) is 4.56. The van der Waals surface area contributed by atoms with Gasteiger partial charge in [-0.2, -0.15) is 5.10 Å². The van der Waals surface area contributed by atoms with Crippen LogP contribution in [0.3, 0.4) is 0 Å². The molecular weight excluding hydrogens is 312 g/mol. The smallest absolute Gasteiger partial charge is 0.224 e. The normalized spacial score (nSPS) is 15.8. The number of aryl methyl sites for hydroxylation is 1. The Morgan fingerprint density at radius 3 is 2.52 bits per heavy atom. The Labute approximate surface area is 141 Å². The Morgan fingerprint density at radius 1 is 1.13 bits per heavy atom. The quantitative estimate of drug-likeness (QED) is 0.843. The Morgan fingerprint density at radius 2 is 1.87 bits per heavy atom. The molecule has 2 aromatic rings. The minimum atomic E-state index is 0.191. The highest BCUT2D eigenvalue weighted by Gasteiger charge is 2.20. The molecule has 0 N–H and O–H groups in total. The van der Waals surface area contributed by atoms with Crippen LogP contribution in [-0.4, -0.2) is 51.7 Å². The van der Waals surface area contributed by atoms with Crippen molar-refractivity contribution in [1.29, 1.82) is 0 Å². The Kier molecular flexibility index (Phi) is 5.31. The monoisotopic (exact) mass is 332 g/mol. The number of carbonyl (C=O) groups excluding carboxylic acids is 1. The van der Waals surface area contributed by atoms with Gasteiger partial charge in [0.25, 0.3) is 0 Å². The number of carbonyl (C=O) groups is 1. The van der Waals surface area contributed by atoms with Crippen molar-refractivity contribution < 1.29 is 4.79 Å². The molecule has 1 aromatic heterocycles. The van der Waals surface area contributed by atoms with E-state index < -0.39 is 0 Å². The molecular formula is C17H21ClN4O. The summed E-state index contributed by atoms with van der Waals surface area (Å²) in [6.45, 7) is 4.98. The summed E-state index contributed by atoms with van der Waals surface area (Å²) in [5.41, 5.74) is 1.32. The van der Waals surface area contributed by atoms with E-state index in [0.717, 1.165) is 32.7 Å². The van der Waals surface area contributed by atoms with E-state index in [1.54, 1.807) is 17.1 Å². The van der Waals surface area contributed by atoms with E-state index in [1.165, 1.54) is 5.56 Å². The van der Waals surface area contributed by atoms with E-state index in [-0.39, 0.29) is 5.91 Å². The van der Waals surface area contributed by atoms with Crippen LogP contribution in [0.1, 0.15) is 12.0 Å². The third-order valence-electron chi connectivity index (χ3n) is 4.13. The van der Waals surface area contributed by atoms with Crippen LogP contribution in [0.2, 0.25) is 5.02 Å². The summed E-state index contributed by atoms with van der Waals surface area (Å²) < 4.78 is 1.71. The Balaban J connectivity index is 1.42. The maximum Gasteiger partial charge on any atom is 0.224 e. The van der Waals surface area contributed by atoms with Crippen molar-refractivity contribution in [2.24, 2.45) is 0 Å². The fourth-order valence-corrected chi connectivity index (χ4v) is 2.98. The lowest BCUT2D eigenvalue weighted by molar-refractivity contribution is -0.133. The highest BCUT2D eigenvalue weighted by Crippen LogP contribution is 2.10. The Hall–Kier alpha value is -1.85. The van der Waals surface area contributed by atoms with Crippen molar-refractivity contribution >= 4 is 17.5 Å². The first-order valence-electron chi connectivity index (χ1n) is 7.93. The van der Waals surface area contributed by atoms with E-state index in [4.69, 9.17) is 11.6 Å². The van der Waals surface area contributed by atoms with Crippen LogP contribution in [-0.2, 0) is 17.9 Å². The summed E-state index contributed by atoms with van der Waals surface area (Å²) in [6, 6.07) is 10.5. The molecule has 1 aromatic carbocycles. The summed E-state index contributed by atoms with van der Waals surface area (Å²) in [7, 11) is 0. The van der Waals surface area contributed by atoms with Gasteiger partial charge in [0, 0.05) is 51.9 Å². The van der Waals surface area contributed by atoms with Crippen molar-refractivity contribution in [2.45, 2.75) is 19.5 Å². The zero-order valence-electron chi connectivity index (χ0n) is 13.1. The highest BCUT2D eigenvalue weighted by atomic mass is 35.5. The molecule has 5 nitrogen and oxygen atoms in total. The highest BCUT2D eigenvalue weighted by molar-refractivity contribution is 6.30. The zero-order chi connectivity index (χ0) is 16.1. The predicted molar refractivity (Wildman–Crippen MR) is 90.2 cm³/mol. The van der Waals surface area contributed by atoms with Gasteiger partial charge >= 0.3 is 0 Å². The van der Waals surface area contributed by atoms with Crippen molar-refractivity contribution in [2.75, 3.05) is 26.2 Å². The van der Waals surface area contributed by atoms with Crippen LogP contribution >= 0.6 is 11.6 Å². The molecule has 1 fully saturated rings. The number of nitrogens with zero attached hydrogens (tertiary/aromatic N) is 4. The van der Waals surface area contributed by atoms with Crippen molar-refractivity contribution in [3.05, 3.63) is 53.3 Å². The average Bonchev–Trinajstić information content (AvgIpc) is 3.00. The first kappa shape index (κ1) is 16.0. The molecule has 1 aliphatic rings. The second-order valence-corrected chi connectivity index (χ2v) is 6.25. The molecule has 3 rings (SSSR count). The molecule has 1 aliphatic heterocycles. The summed E-state index contributed by atoms with van der Waals surface area (Å²) in [5, 5.41) is 4.70. The van der Waals surface area contributed by atoms with Gasteiger partial charge in [0.1, 0.15) is 0 Å². The maximum atomic E-state index is 12.3. The summed E-state index contributed by atoms with van der Waals surface area (Å²) in [4.78, 5) is 16.6. The van der Waals surface area contributed by atoms with E-state index in [1.807, 2.05) is 11.0 Å². The van der Waals surface area contributed by atoms with E-state index >= 15 is 0 Å². The molecule has 0 atom stereocenters. The maximum absolute atomic E-state index is 12.3. The summed E-state index contributed by atoms with van der Waals surface area (Å²) >= 11 is 5.82. The summed E-state index contributed by atoms with van der Waals surface area (Å²) in [5.74, 6) is 0.191. The lowest BCUT2D eigenvalue weighted by Crippen LogP contribution is -2.48. The first-order chi connectivity index (χ1) is 11.2. The Bertz CT molecular complexity index is 635. The first-order valence-corrected chi connectivity index (χ1v) is 8.30. The molecule has 0 saturated carbocycles. The average molecular weight is 333 g/mol. The van der Waals surface area contributed by atoms with Crippen LogP contribution in [0.5, 0.6) is 0 Å². The van der Waals surface area contributed by atoms with Gasteiger partial charge in [0.05, 0.1) is 11.2 Å². The third-order valence-corrected chi connectivity index (χ3v) is 4.33. The number of amides is 1. The van der Waals surface area contributed by atoms with Crippen LogP contribution in [0.4, 0.5) is 0 Å². The molecule has 23 heavy (non-hydrogen) atoms. The van der Waals surface area contributed by atoms with Gasteiger partial charge in [-0.1, -0.05) is 41.9 Å². The minimum absolute atomic E-state index is 0.191. The molecule has 6 heteroatoms. The number of piperazine rings is 1. The second-order valence-electron chi connectivity index (χ2n) is 5.81. The van der Waals surface area contributed by atoms with Gasteiger partial charge in [0.15, 0.2) is 0 Å². The van der Waals surface area contributed by atoms with Gasteiger partial charge in [-0.05, 0) is 5.56 Å².